The molecule has 0 saturated carbocycles. The summed E-state index contributed by atoms with van der Waals surface area (Å²) in [6, 6.07) is 45.4. The zero-order chi connectivity index (χ0) is 33.9. The number of anilines is 3. The van der Waals surface area contributed by atoms with E-state index in [0.717, 1.165) is 28.6 Å². The van der Waals surface area contributed by atoms with Gasteiger partial charge in [-0.25, -0.2) is 0 Å². The summed E-state index contributed by atoms with van der Waals surface area (Å²) in [7, 11) is 0. The van der Waals surface area contributed by atoms with Gasteiger partial charge >= 0.3 is 0 Å². The van der Waals surface area contributed by atoms with Crippen molar-refractivity contribution in [1.82, 2.24) is 9.13 Å². The summed E-state index contributed by atoms with van der Waals surface area (Å²) in [4.78, 5) is 2.40. The molecule has 0 bridgehead atoms. The fourth-order valence-corrected chi connectivity index (χ4v) is 9.69. The predicted molar refractivity (Wildman–Crippen MR) is 213 cm³/mol. The number of ether oxygens (including phenoxy) is 1. The summed E-state index contributed by atoms with van der Waals surface area (Å²) < 4.78 is 11.6. The molecule has 3 aliphatic rings. The number of nitrogens with zero attached hydrogens (tertiary/aromatic N) is 3. The molecule has 0 saturated heterocycles. The predicted octanol–water partition coefficient (Wildman–Crippen LogP) is 9.83. The van der Waals surface area contributed by atoms with E-state index in [1.165, 1.54) is 93.6 Å². The Morgan fingerprint density at radius 3 is 1.43 bits per heavy atom. The highest BCUT2D eigenvalue weighted by molar-refractivity contribution is 7.00. The number of hydrogen-bond donors (Lipinski definition) is 0. The molecule has 2 aromatic heterocycles. The maximum atomic E-state index is 6.50. The van der Waals surface area contributed by atoms with Gasteiger partial charge in [-0.05, 0) is 117 Å². The topological polar surface area (TPSA) is 22.3 Å². The molecular formula is C46H32BN3O. The van der Waals surface area contributed by atoms with E-state index in [9.17, 15) is 0 Å². The number of para-hydroxylation sites is 4. The van der Waals surface area contributed by atoms with Crippen LogP contribution < -0.4 is 26.0 Å². The Morgan fingerprint density at radius 2 is 0.922 bits per heavy atom. The van der Waals surface area contributed by atoms with Crippen LogP contribution in [0.2, 0.25) is 0 Å². The number of aryl methyl sites for hydroxylation is 4. The van der Waals surface area contributed by atoms with Crippen LogP contribution in [0.5, 0.6) is 11.5 Å². The zero-order valence-electron chi connectivity index (χ0n) is 28.9. The van der Waals surface area contributed by atoms with Crippen LogP contribution in [0, 0.1) is 27.7 Å². The van der Waals surface area contributed by atoms with Gasteiger partial charge in [0.15, 0.2) is 11.5 Å². The third-order valence-electron chi connectivity index (χ3n) is 11.6. The normalized spacial score (nSPS) is 13.6. The second-order valence-corrected chi connectivity index (χ2v) is 14.9. The van der Waals surface area contributed by atoms with Crippen LogP contribution in [0.4, 0.5) is 17.1 Å². The number of rotatable bonds is 1. The average Bonchev–Trinajstić information content (AvgIpc) is 3.62. The minimum atomic E-state index is 0.0916. The summed E-state index contributed by atoms with van der Waals surface area (Å²) in [6.45, 7) is 9.02. The van der Waals surface area contributed by atoms with Crippen molar-refractivity contribution in [3.63, 3.8) is 0 Å². The van der Waals surface area contributed by atoms with Crippen molar-refractivity contribution in [2.75, 3.05) is 4.90 Å². The molecule has 12 rings (SSSR count). The van der Waals surface area contributed by atoms with Crippen molar-refractivity contribution < 1.29 is 4.74 Å². The fraction of sp³-hybridized carbons (Fsp3) is 0.0870. The SMILES string of the molecule is Cc1ccc2c(c1)c1cc(C)cc3c1n2-c1cc(N2c4ccccc4Oc4ccccc42)cc2c1B3c1cc(C)cc3c4cc(C)ccc4n-2c13. The lowest BCUT2D eigenvalue weighted by Gasteiger charge is -2.37. The molecule has 3 aliphatic heterocycles. The molecule has 9 aromatic rings. The van der Waals surface area contributed by atoms with E-state index in [0.29, 0.717) is 0 Å². The van der Waals surface area contributed by atoms with Gasteiger partial charge in [-0.2, -0.15) is 0 Å². The molecule has 0 amide bonds. The summed E-state index contributed by atoms with van der Waals surface area (Å²) in [5.74, 6) is 1.71. The first-order valence-electron chi connectivity index (χ1n) is 17.9. The molecule has 240 valence electrons. The van der Waals surface area contributed by atoms with E-state index in [2.05, 4.69) is 163 Å². The van der Waals surface area contributed by atoms with E-state index in [1.54, 1.807) is 0 Å². The Balaban J connectivity index is 1.31. The zero-order valence-corrected chi connectivity index (χ0v) is 28.9. The summed E-state index contributed by atoms with van der Waals surface area (Å²) in [5, 5.41) is 5.28. The molecule has 0 N–H and O–H groups in total. The van der Waals surface area contributed by atoms with Crippen LogP contribution in [0.1, 0.15) is 22.3 Å². The van der Waals surface area contributed by atoms with E-state index >= 15 is 0 Å². The molecule has 4 nitrogen and oxygen atoms in total. The van der Waals surface area contributed by atoms with Gasteiger partial charge in [0.05, 0.1) is 28.1 Å². The van der Waals surface area contributed by atoms with Gasteiger partial charge in [0.25, 0.3) is 6.71 Å². The Hall–Kier alpha value is -6.20. The molecular weight excluding hydrogens is 621 g/mol. The maximum Gasteiger partial charge on any atom is 0.252 e. The van der Waals surface area contributed by atoms with E-state index in [-0.39, 0.29) is 6.71 Å². The second kappa shape index (κ2) is 9.32. The van der Waals surface area contributed by atoms with Crippen LogP contribution >= 0.6 is 0 Å². The van der Waals surface area contributed by atoms with Crippen molar-refractivity contribution in [3.05, 3.63) is 144 Å². The Bertz CT molecular complexity index is 2870. The van der Waals surface area contributed by atoms with Crippen LogP contribution in [0.3, 0.4) is 0 Å². The van der Waals surface area contributed by atoms with Gasteiger partial charge in [0, 0.05) is 44.0 Å². The number of benzene rings is 7. The van der Waals surface area contributed by atoms with Crippen molar-refractivity contribution in [2.45, 2.75) is 27.7 Å². The third kappa shape index (κ3) is 3.41. The lowest BCUT2D eigenvalue weighted by Crippen LogP contribution is -2.59. The summed E-state index contributed by atoms with van der Waals surface area (Å²) >= 11 is 0. The lowest BCUT2D eigenvalue weighted by atomic mass is 9.34. The van der Waals surface area contributed by atoms with Gasteiger partial charge in [-0.1, -0.05) is 70.8 Å². The average molecular weight is 654 g/mol. The first-order valence-corrected chi connectivity index (χ1v) is 17.9. The first-order chi connectivity index (χ1) is 24.9. The Morgan fingerprint density at radius 1 is 0.451 bits per heavy atom. The van der Waals surface area contributed by atoms with Crippen LogP contribution in [0.25, 0.3) is 55.0 Å². The van der Waals surface area contributed by atoms with Gasteiger partial charge in [-0.15, -0.1) is 0 Å². The summed E-state index contributed by atoms with van der Waals surface area (Å²) in [6.07, 6.45) is 0. The smallest absolute Gasteiger partial charge is 0.252 e. The number of aromatic nitrogens is 2. The molecule has 0 aliphatic carbocycles. The molecule has 7 aromatic carbocycles. The van der Waals surface area contributed by atoms with Gasteiger partial charge in [-0.3, -0.25) is 0 Å². The van der Waals surface area contributed by atoms with Crippen molar-refractivity contribution in [3.8, 4) is 22.9 Å². The number of hydrogen-bond acceptors (Lipinski definition) is 2. The molecule has 51 heavy (non-hydrogen) atoms. The fourth-order valence-electron chi connectivity index (χ4n) is 9.69. The highest BCUT2D eigenvalue weighted by atomic mass is 16.5. The standard InChI is InChI=1S/C46H32BN3O/c1-25-13-15-36-30(17-25)32-19-27(3)21-34-45(32)49(36)40-23-29(48-38-9-5-7-11-42(38)51-43-12-8-6-10-39(43)48)24-41-44(40)47(34)35-22-28(4)20-33-31-18-26(2)14-16-37(31)50(41)46(33)35/h5-24H,1-4H3. The van der Waals surface area contributed by atoms with Crippen LogP contribution in [0.15, 0.2) is 121 Å². The molecule has 0 radical (unpaired) electrons. The van der Waals surface area contributed by atoms with Gasteiger partial charge in [0.1, 0.15) is 0 Å². The minimum Gasteiger partial charge on any atom is -0.453 e. The quantitative estimate of drug-likeness (QED) is 0.165. The molecule has 0 atom stereocenters. The molecule has 0 spiro atoms. The van der Waals surface area contributed by atoms with Crippen molar-refractivity contribution >= 4 is 83.8 Å². The largest absolute Gasteiger partial charge is 0.453 e. The molecule has 0 unspecified atom stereocenters. The molecule has 5 heteroatoms. The second-order valence-electron chi connectivity index (χ2n) is 14.9. The van der Waals surface area contributed by atoms with Gasteiger partial charge < -0.3 is 18.8 Å². The highest BCUT2D eigenvalue weighted by Gasteiger charge is 2.42. The Labute approximate surface area is 295 Å². The van der Waals surface area contributed by atoms with E-state index in [4.69, 9.17) is 4.74 Å². The monoisotopic (exact) mass is 653 g/mol. The van der Waals surface area contributed by atoms with E-state index < -0.39 is 0 Å². The van der Waals surface area contributed by atoms with E-state index in [1.807, 2.05) is 0 Å². The molecule has 0 fully saturated rings. The van der Waals surface area contributed by atoms with Crippen LogP contribution in [-0.4, -0.2) is 15.8 Å². The van der Waals surface area contributed by atoms with Crippen molar-refractivity contribution in [1.29, 1.82) is 0 Å². The van der Waals surface area contributed by atoms with Crippen molar-refractivity contribution in [2.24, 2.45) is 0 Å². The number of fused-ring (bicyclic) bond motifs is 12. The summed E-state index contributed by atoms with van der Waals surface area (Å²) in [5.41, 5.74) is 20.1. The third-order valence-corrected chi connectivity index (χ3v) is 11.6. The van der Waals surface area contributed by atoms with Gasteiger partial charge in [0.2, 0.25) is 0 Å². The maximum absolute atomic E-state index is 6.50. The highest BCUT2D eigenvalue weighted by Crippen LogP contribution is 2.51. The minimum absolute atomic E-state index is 0.0916. The van der Waals surface area contributed by atoms with Crippen LogP contribution in [-0.2, 0) is 0 Å². The lowest BCUT2D eigenvalue weighted by molar-refractivity contribution is 0.477. The molecule has 5 heterocycles. The Kier molecular flexibility index (Phi) is 5.04. The first kappa shape index (κ1) is 27.6.